The SMILES string of the molecule is CN(CCc1ccco1)C(=O)CCc1ccc(F)cc1. The van der Waals surface area contributed by atoms with Crippen LogP contribution in [0.2, 0.25) is 0 Å². The number of furan rings is 1. The summed E-state index contributed by atoms with van der Waals surface area (Å²) < 4.78 is 18.0. The lowest BCUT2D eigenvalue weighted by Gasteiger charge is -2.16. The molecule has 0 bridgehead atoms. The van der Waals surface area contributed by atoms with E-state index in [0.29, 0.717) is 25.8 Å². The molecular formula is C16H18FNO2. The fourth-order valence-corrected chi connectivity index (χ4v) is 1.95. The Balaban J connectivity index is 1.74. The minimum Gasteiger partial charge on any atom is -0.469 e. The number of amides is 1. The van der Waals surface area contributed by atoms with Crippen molar-refractivity contribution < 1.29 is 13.6 Å². The Hall–Kier alpha value is -2.10. The standard InChI is InChI=1S/C16H18FNO2/c1-18(11-10-15-3-2-12-20-15)16(19)9-6-13-4-7-14(17)8-5-13/h2-5,7-8,12H,6,9-11H2,1H3. The van der Waals surface area contributed by atoms with E-state index in [4.69, 9.17) is 4.42 Å². The fourth-order valence-electron chi connectivity index (χ4n) is 1.95. The highest BCUT2D eigenvalue weighted by atomic mass is 19.1. The molecule has 1 heterocycles. The van der Waals surface area contributed by atoms with Crippen LogP contribution in [0.25, 0.3) is 0 Å². The van der Waals surface area contributed by atoms with Crippen molar-refractivity contribution in [3.8, 4) is 0 Å². The molecule has 0 aliphatic rings. The molecule has 2 aromatic rings. The Morgan fingerprint density at radius 3 is 2.60 bits per heavy atom. The number of hydrogen-bond donors (Lipinski definition) is 0. The average Bonchev–Trinajstić information content (AvgIpc) is 2.97. The van der Waals surface area contributed by atoms with Gasteiger partial charge in [0.25, 0.3) is 0 Å². The van der Waals surface area contributed by atoms with Crippen LogP contribution in [-0.4, -0.2) is 24.4 Å². The van der Waals surface area contributed by atoms with Crippen molar-refractivity contribution in [2.24, 2.45) is 0 Å². The first-order valence-corrected chi connectivity index (χ1v) is 6.66. The summed E-state index contributed by atoms with van der Waals surface area (Å²) in [5.74, 6) is 0.708. The van der Waals surface area contributed by atoms with Gasteiger partial charge in [0.2, 0.25) is 5.91 Å². The second-order valence-electron chi connectivity index (χ2n) is 4.77. The van der Waals surface area contributed by atoms with E-state index < -0.39 is 0 Å². The molecule has 0 saturated heterocycles. The van der Waals surface area contributed by atoms with Gasteiger partial charge in [-0.3, -0.25) is 4.79 Å². The van der Waals surface area contributed by atoms with Gasteiger partial charge in [0.15, 0.2) is 0 Å². The highest BCUT2D eigenvalue weighted by molar-refractivity contribution is 5.76. The summed E-state index contributed by atoms with van der Waals surface area (Å²) in [5, 5.41) is 0. The summed E-state index contributed by atoms with van der Waals surface area (Å²) in [5.41, 5.74) is 0.971. The van der Waals surface area contributed by atoms with Crippen molar-refractivity contribution in [1.29, 1.82) is 0 Å². The number of nitrogens with zero attached hydrogens (tertiary/aromatic N) is 1. The second kappa shape index (κ2) is 6.89. The van der Waals surface area contributed by atoms with Crippen LogP contribution >= 0.6 is 0 Å². The maximum absolute atomic E-state index is 12.8. The zero-order chi connectivity index (χ0) is 14.4. The lowest BCUT2D eigenvalue weighted by molar-refractivity contribution is -0.129. The molecule has 0 unspecified atom stereocenters. The molecule has 0 radical (unpaired) electrons. The predicted molar refractivity (Wildman–Crippen MR) is 74.8 cm³/mol. The normalized spacial score (nSPS) is 10.5. The number of carbonyl (C=O) groups excluding carboxylic acids is 1. The molecule has 2 rings (SSSR count). The number of benzene rings is 1. The smallest absolute Gasteiger partial charge is 0.222 e. The number of aryl methyl sites for hydroxylation is 1. The molecule has 0 saturated carbocycles. The van der Waals surface area contributed by atoms with Crippen LogP contribution in [0.4, 0.5) is 4.39 Å². The Bertz CT molecular complexity index is 534. The van der Waals surface area contributed by atoms with Crippen LogP contribution in [0.3, 0.4) is 0 Å². The third kappa shape index (κ3) is 4.23. The van der Waals surface area contributed by atoms with Crippen molar-refractivity contribution >= 4 is 5.91 Å². The third-order valence-corrected chi connectivity index (χ3v) is 3.24. The van der Waals surface area contributed by atoms with Gasteiger partial charge in [-0.2, -0.15) is 0 Å². The maximum atomic E-state index is 12.8. The first-order chi connectivity index (χ1) is 9.65. The summed E-state index contributed by atoms with van der Waals surface area (Å²) >= 11 is 0. The molecule has 3 nitrogen and oxygen atoms in total. The summed E-state index contributed by atoms with van der Waals surface area (Å²) in [6.07, 6.45) is 3.40. The van der Waals surface area contributed by atoms with E-state index in [0.717, 1.165) is 11.3 Å². The van der Waals surface area contributed by atoms with E-state index in [9.17, 15) is 9.18 Å². The van der Waals surface area contributed by atoms with Gasteiger partial charge in [0.05, 0.1) is 6.26 Å². The number of carbonyl (C=O) groups is 1. The van der Waals surface area contributed by atoms with E-state index in [1.165, 1.54) is 12.1 Å². The Morgan fingerprint density at radius 2 is 1.95 bits per heavy atom. The molecule has 0 aliphatic heterocycles. The number of hydrogen-bond acceptors (Lipinski definition) is 2. The Kier molecular flexibility index (Phi) is 4.93. The quantitative estimate of drug-likeness (QED) is 0.812. The van der Waals surface area contributed by atoms with Gasteiger partial charge in [-0.15, -0.1) is 0 Å². The van der Waals surface area contributed by atoms with E-state index >= 15 is 0 Å². The van der Waals surface area contributed by atoms with Crippen LogP contribution in [0, 0.1) is 5.82 Å². The van der Waals surface area contributed by atoms with Crippen molar-refractivity contribution in [2.75, 3.05) is 13.6 Å². The molecule has 106 valence electrons. The van der Waals surface area contributed by atoms with Gasteiger partial charge in [-0.25, -0.2) is 4.39 Å². The molecule has 0 fully saturated rings. The second-order valence-corrected chi connectivity index (χ2v) is 4.77. The molecule has 20 heavy (non-hydrogen) atoms. The van der Waals surface area contributed by atoms with Gasteiger partial charge in [-0.05, 0) is 36.2 Å². The summed E-state index contributed by atoms with van der Waals surface area (Å²) in [4.78, 5) is 13.7. The van der Waals surface area contributed by atoms with Crippen molar-refractivity contribution in [1.82, 2.24) is 4.90 Å². The molecular weight excluding hydrogens is 257 g/mol. The monoisotopic (exact) mass is 275 g/mol. The fraction of sp³-hybridized carbons (Fsp3) is 0.312. The average molecular weight is 275 g/mol. The van der Waals surface area contributed by atoms with Gasteiger partial charge in [0, 0.05) is 26.4 Å². The molecule has 0 N–H and O–H groups in total. The Labute approximate surface area is 118 Å². The first-order valence-electron chi connectivity index (χ1n) is 6.66. The molecule has 1 amide bonds. The highest BCUT2D eigenvalue weighted by Gasteiger charge is 2.09. The number of likely N-dealkylation sites (N-methyl/N-ethyl adjacent to an activating group) is 1. The minimum absolute atomic E-state index is 0.0841. The Morgan fingerprint density at radius 1 is 1.20 bits per heavy atom. The lowest BCUT2D eigenvalue weighted by Crippen LogP contribution is -2.28. The molecule has 1 aromatic carbocycles. The third-order valence-electron chi connectivity index (χ3n) is 3.24. The minimum atomic E-state index is -0.254. The zero-order valence-corrected chi connectivity index (χ0v) is 11.5. The highest BCUT2D eigenvalue weighted by Crippen LogP contribution is 2.07. The zero-order valence-electron chi connectivity index (χ0n) is 11.5. The summed E-state index contributed by atoms with van der Waals surface area (Å²) in [7, 11) is 1.79. The maximum Gasteiger partial charge on any atom is 0.222 e. The van der Waals surface area contributed by atoms with Crippen LogP contribution in [0.1, 0.15) is 17.7 Å². The van der Waals surface area contributed by atoms with E-state index in [-0.39, 0.29) is 11.7 Å². The molecule has 0 spiro atoms. The number of halogens is 1. The van der Waals surface area contributed by atoms with Gasteiger partial charge >= 0.3 is 0 Å². The van der Waals surface area contributed by atoms with E-state index in [1.807, 2.05) is 12.1 Å². The molecule has 0 aliphatic carbocycles. The summed E-state index contributed by atoms with van der Waals surface area (Å²) in [6.45, 7) is 0.635. The molecule has 0 atom stereocenters. The van der Waals surface area contributed by atoms with Crippen LogP contribution in [0.15, 0.2) is 47.1 Å². The van der Waals surface area contributed by atoms with Gasteiger partial charge in [-0.1, -0.05) is 12.1 Å². The topological polar surface area (TPSA) is 33.5 Å². The van der Waals surface area contributed by atoms with Crippen molar-refractivity contribution in [3.63, 3.8) is 0 Å². The first kappa shape index (κ1) is 14.3. The van der Waals surface area contributed by atoms with Crippen LogP contribution in [0.5, 0.6) is 0 Å². The largest absolute Gasteiger partial charge is 0.469 e. The van der Waals surface area contributed by atoms with Gasteiger partial charge < -0.3 is 9.32 Å². The van der Waals surface area contributed by atoms with E-state index in [2.05, 4.69) is 0 Å². The van der Waals surface area contributed by atoms with Crippen LogP contribution < -0.4 is 0 Å². The lowest BCUT2D eigenvalue weighted by atomic mass is 10.1. The summed E-state index contributed by atoms with van der Waals surface area (Å²) in [6, 6.07) is 10.0. The molecule has 4 heteroatoms. The van der Waals surface area contributed by atoms with Crippen molar-refractivity contribution in [2.45, 2.75) is 19.3 Å². The predicted octanol–water partition coefficient (Wildman–Crippen LogP) is 3.05. The van der Waals surface area contributed by atoms with E-state index in [1.54, 1.807) is 30.3 Å². The molecule has 1 aromatic heterocycles. The van der Waals surface area contributed by atoms with Gasteiger partial charge in [0.1, 0.15) is 11.6 Å². The van der Waals surface area contributed by atoms with Crippen LogP contribution in [-0.2, 0) is 17.6 Å². The van der Waals surface area contributed by atoms with Crippen molar-refractivity contribution in [3.05, 3.63) is 59.8 Å². The number of rotatable bonds is 6.